The van der Waals surface area contributed by atoms with Crippen molar-refractivity contribution in [1.82, 2.24) is 0 Å². The molecule has 36 heteroatoms. The molecule has 0 saturated heterocycles. The highest BCUT2D eigenvalue weighted by Gasteiger charge is 2.44. The zero-order valence-electron chi connectivity index (χ0n) is 70.3. The molecule has 0 nitrogen and oxygen atoms in total. The third kappa shape index (κ3) is 31.5. The first-order valence-electron chi connectivity index (χ1n) is 42.1. The Kier molecular flexibility index (Phi) is 52.9. The minimum absolute atomic E-state index is 1.16. The second-order valence-corrected chi connectivity index (χ2v) is 71.2. The summed E-state index contributed by atoms with van der Waals surface area (Å²) in [5, 5.41) is 4.87. The van der Waals surface area contributed by atoms with E-state index in [0.717, 1.165) is 34.5 Å². The van der Waals surface area contributed by atoms with Gasteiger partial charge in [-0.1, -0.05) is 442 Å². The van der Waals surface area contributed by atoms with E-state index in [1.54, 1.807) is 0 Å². The first kappa shape index (κ1) is 107. The summed E-state index contributed by atoms with van der Waals surface area (Å²) in [6, 6.07) is 0. The van der Waals surface area contributed by atoms with Gasteiger partial charge in [-0.2, -0.15) is 0 Å². The van der Waals surface area contributed by atoms with Gasteiger partial charge in [-0.05, 0) is 157 Å². The number of rotatable bonds is 53. The van der Waals surface area contributed by atoms with Crippen LogP contribution >= 0.6 is 423 Å². The summed E-state index contributed by atoms with van der Waals surface area (Å²) < 4.78 is 36.4. The highest BCUT2D eigenvalue weighted by molar-refractivity contribution is 8.47. The maximum absolute atomic E-state index is 2.44. The summed E-state index contributed by atoms with van der Waals surface area (Å²) >= 11 is 76.0. The summed E-state index contributed by atoms with van der Waals surface area (Å²) in [6.45, 7) is 28.3. The van der Waals surface area contributed by atoms with E-state index >= 15 is 0 Å². The lowest BCUT2D eigenvalue weighted by Gasteiger charge is -2.08. The van der Waals surface area contributed by atoms with E-state index in [1.807, 2.05) is 47.0 Å². The summed E-state index contributed by atoms with van der Waals surface area (Å²) in [7, 11) is 0. The molecule has 662 valence electrons. The Labute approximate surface area is 877 Å². The van der Waals surface area contributed by atoms with Crippen LogP contribution in [0, 0.1) is 0 Å². The first-order valence-corrected chi connectivity index (χ1v) is 73.6. The molecule has 0 aromatic carbocycles. The van der Waals surface area contributed by atoms with E-state index < -0.39 is 0 Å². The van der Waals surface area contributed by atoms with Gasteiger partial charge in [0.1, 0.15) is 0 Å². The minimum Gasteiger partial charge on any atom is -0.118 e. The van der Waals surface area contributed by atoms with Crippen molar-refractivity contribution < 1.29 is 0 Å². The normalized spacial score (nSPS) is 24.0. The van der Waals surface area contributed by atoms with Crippen molar-refractivity contribution >= 4 is 423 Å². The summed E-state index contributed by atoms with van der Waals surface area (Å²) in [6.07, 6.45) is 29.7. The van der Waals surface area contributed by atoms with Gasteiger partial charge in [0, 0.05) is 49.1 Å². The molecule has 0 fully saturated rings. The molecule has 12 aliphatic rings. The first-order chi connectivity index (χ1) is 59.0. The van der Waals surface area contributed by atoms with Gasteiger partial charge in [-0.3, -0.25) is 0 Å². The van der Waals surface area contributed by atoms with Crippen molar-refractivity contribution in [3.8, 4) is 0 Å². The maximum Gasteiger partial charge on any atom is 0.0712 e. The van der Waals surface area contributed by atoms with Crippen LogP contribution in [0.1, 0.15) is 237 Å². The third-order valence-electron chi connectivity index (χ3n) is 17.4. The number of unbranched alkanes of at least 4 members (excludes halogenated alkanes) is 12. The predicted molar refractivity (Wildman–Crippen MR) is 639 cm³/mol. The van der Waals surface area contributed by atoms with Crippen LogP contribution in [0.3, 0.4) is 0 Å². The Bertz CT molecular complexity index is 3950. The topological polar surface area (TPSA) is 0 Å². The van der Waals surface area contributed by atoms with Crippen LogP contribution in [0.4, 0.5) is 0 Å². The van der Waals surface area contributed by atoms with Gasteiger partial charge in [-0.15, -0.1) is 141 Å². The van der Waals surface area contributed by atoms with Crippen LogP contribution in [-0.4, -0.2) is 69.0 Å². The molecule has 0 N–H and O–H groups in total. The molecule has 0 atom stereocenters. The molecule has 0 aromatic rings. The molecule has 0 bridgehead atoms. The molecular weight excluding hydrogens is 2160 g/mol. The van der Waals surface area contributed by atoms with E-state index in [4.69, 9.17) is 0 Å². The van der Waals surface area contributed by atoms with Crippen LogP contribution in [0.25, 0.3) is 0 Å². The summed E-state index contributed by atoms with van der Waals surface area (Å²) in [4.78, 5) is 15.3. The highest BCUT2D eigenvalue weighted by Crippen LogP contribution is 2.77. The van der Waals surface area contributed by atoms with E-state index in [1.165, 1.54) is 339 Å². The molecule has 0 amide bonds. The SMILES string of the molecule is CCCCSC1=CS/C(=C2/SC(SCCCC)=C(C3=C(SCCCC)S/C(=C4\SC(SCCCC)=C(C5=C(SCCCC)S/C(=C6\SC(SCCCC)=C(C7=C(SCCCC)S/C(=C8/SC(SCCCC)=C(C9=C(SCCCC)S/C(=C%10/SC(SCCCC)=C(C%11=C(SCCCC)S/C(=C%12/SC=C(SCCCC)S%12)S%11)S%10)S9)S8)S7)S6)S5)S4)S3)S2)S1. The van der Waals surface area contributed by atoms with Crippen molar-refractivity contribution in [2.75, 3.05) is 69.0 Å². The molecule has 0 radical (unpaired) electrons. The summed E-state index contributed by atoms with van der Waals surface area (Å²) in [5.41, 5.74) is 0. The molecule has 12 aliphatic heterocycles. The van der Waals surface area contributed by atoms with Crippen molar-refractivity contribution in [3.05, 3.63) is 162 Å². The quantitative estimate of drug-likeness (QED) is 0.0530. The van der Waals surface area contributed by atoms with Gasteiger partial charge < -0.3 is 0 Å². The highest BCUT2D eigenvalue weighted by atomic mass is 32.3. The minimum atomic E-state index is 1.16. The van der Waals surface area contributed by atoms with Gasteiger partial charge in [0.2, 0.25) is 0 Å². The monoisotopic (exact) mass is 2270 g/mol. The van der Waals surface area contributed by atoms with E-state index in [0.29, 0.717) is 0 Å². The zero-order chi connectivity index (χ0) is 84.0. The van der Waals surface area contributed by atoms with Crippen LogP contribution in [0.5, 0.6) is 0 Å². The van der Waals surface area contributed by atoms with Crippen LogP contribution < -0.4 is 0 Å². The average Bonchev–Trinajstić information content (AvgIpc) is 1.61. The van der Waals surface area contributed by atoms with Gasteiger partial charge in [0.25, 0.3) is 0 Å². The smallest absolute Gasteiger partial charge is 0.0712 e. The number of hydrogen-bond acceptors (Lipinski definition) is 36. The lowest BCUT2D eigenvalue weighted by Crippen LogP contribution is -1.84. The second kappa shape index (κ2) is 59.5. The van der Waals surface area contributed by atoms with E-state index in [2.05, 4.69) is 470 Å². The van der Waals surface area contributed by atoms with E-state index in [-0.39, 0.29) is 0 Å². The Morgan fingerprint density at radius 3 is 0.408 bits per heavy atom. The average molecular weight is 2270 g/mol. The van der Waals surface area contributed by atoms with Gasteiger partial charge in [-0.25, -0.2) is 0 Å². The van der Waals surface area contributed by atoms with Crippen LogP contribution in [-0.2, 0) is 0 Å². The van der Waals surface area contributed by atoms with Crippen LogP contribution in [0.2, 0.25) is 0 Å². The van der Waals surface area contributed by atoms with Crippen molar-refractivity contribution in [2.45, 2.75) is 237 Å². The van der Waals surface area contributed by atoms with Gasteiger partial charge in [0.05, 0.1) is 102 Å². The molecule has 0 spiro atoms. The molecular formula is C84H110S36. The van der Waals surface area contributed by atoms with Crippen molar-refractivity contribution in [3.63, 3.8) is 0 Å². The zero-order valence-corrected chi connectivity index (χ0v) is 99.7. The standard InChI is InChI=1S/C84H110S36/c1-13-25-37-85-51-49-97-73(99-51)75-101-53(63(111-75)87-39-27-15-3)55-65(89-41-29-17-5)113-77(103-55)79-105-57(67(115-79)91-43-31-19-7)59-69(93-45-33-21-9)117-81(107-59)83-109-61(71(119-83)95-47-35-23-11)62-72(96-48-36-24-12)120-84(110-62)82-108-60(70(118-82)94-46-34-22-10)58-68(92-44-32-20-8)116-80(106-58)78-104-56(66(114-78)90-42-30-18-6)54-64(88-40-28-16-4)112-76(102-54)74-98-50-52(100-74)86-38-26-14-2/h49-50H,13-48H2,1-12H3/b75-73-,76-74-,79-77-,80-78+,83-81-,84-82+. The second-order valence-electron chi connectivity index (χ2n) is 27.4. The molecule has 12 rings (SSSR count). The largest absolute Gasteiger partial charge is 0.118 e. The maximum atomic E-state index is 2.44. The predicted octanol–water partition coefficient (Wildman–Crippen LogP) is 45.2. The number of hydrogen-bond donors (Lipinski definition) is 0. The Hall–Kier alpha value is 7.92. The Morgan fingerprint density at radius 2 is 0.275 bits per heavy atom. The van der Waals surface area contributed by atoms with Crippen LogP contribution in [0.15, 0.2) is 162 Å². The van der Waals surface area contributed by atoms with Gasteiger partial charge >= 0.3 is 0 Å². The lowest BCUT2D eigenvalue weighted by atomic mass is 10.4. The van der Waals surface area contributed by atoms with Crippen molar-refractivity contribution in [1.29, 1.82) is 0 Å². The molecule has 0 aromatic heterocycles. The molecule has 0 aliphatic carbocycles. The molecule has 0 unspecified atom stereocenters. The fourth-order valence-electron chi connectivity index (χ4n) is 10.5. The molecule has 120 heavy (non-hydrogen) atoms. The fraction of sp³-hybridized carbons (Fsp3) is 0.571. The molecule has 12 heterocycles. The number of thioether (sulfide) groups is 36. The Balaban J connectivity index is 0.827. The van der Waals surface area contributed by atoms with Crippen molar-refractivity contribution in [2.24, 2.45) is 0 Å². The Morgan fingerprint density at radius 1 is 0.150 bits per heavy atom. The fourth-order valence-corrected chi connectivity index (χ4v) is 65.6. The van der Waals surface area contributed by atoms with Gasteiger partial charge in [0.15, 0.2) is 0 Å². The summed E-state index contributed by atoms with van der Waals surface area (Å²) in [5.74, 6) is 14.1. The third-order valence-corrected chi connectivity index (χ3v) is 69.8. The van der Waals surface area contributed by atoms with E-state index in [9.17, 15) is 0 Å². The lowest BCUT2D eigenvalue weighted by molar-refractivity contribution is 0.897. The molecule has 0 saturated carbocycles.